The van der Waals surface area contributed by atoms with Crippen LogP contribution >= 0.6 is 0 Å². The lowest BCUT2D eigenvalue weighted by molar-refractivity contribution is -0.403. The van der Waals surface area contributed by atoms with Gasteiger partial charge in [-0.2, -0.15) is 0 Å². The van der Waals surface area contributed by atoms with Crippen molar-refractivity contribution in [2.45, 2.75) is 0 Å². The van der Waals surface area contributed by atoms with Crippen molar-refractivity contribution in [3.8, 4) is 5.75 Å². The first-order valence-electron chi connectivity index (χ1n) is 7.35. The van der Waals surface area contributed by atoms with E-state index < -0.39 is 31.8 Å². The molecule has 0 aromatic heterocycles. The Morgan fingerprint density at radius 1 is 0.926 bits per heavy atom. The van der Waals surface area contributed by atoms with Crippen LogP contribution in [0.5, 0.6) is 5.75 Å². The molecule has 27 heavy (non-hydrogen) atoms. The number of benzene rings is 2. The minimum Gasteiger partial charge on any atom is -0.467 e. The zero-order chi connectivity index (χ0) is 20.0. The number of methoxy groups -OCH3 is 1. The van der Waals surface area contributed by atoms with Gasteiger partial charge in [-0.3, -0.25) is 30.3 Å². The second kappa shape index (κ2) is 8.49. The lowest BCUT2D eigenvalue weighted by atomic mass is 10.1. The van der Waals surface area contributed by atoms with Gasteiger partial charge in [-0.05, 0) is 12.1 Å². The van der Waals surface area contributed by atoms with E-state index in [1.807, 2.05) is 0 Å². The van der Waals surface area contributed by atoms with Crippen LogP contribution in [-0.4, -0.2) is 28.7 Å². The van der Waals surface area contributed by atoms with Gasteiger partial charge in [0.25, 0.3) is 17.1 Å². The fraction of sp³-hybridized carbons (Fsp3) is 0.125. The summed E-state index contributed by atoms with van der Waals surface area (Å²) in [6.45, 7) is -0.0390. The lowest BCUT2D eigenvalue weighted by Gasteiger charge is -2.07. The van der Waals surface area contributed by atoms with Crippen molar-refractivity contribution < 1.29 is 24.2 Å². The zero-order valence-electron chi connectivity index (χ0n) is 13.9. The topological polar surface area (TPSA) is 148 Å². The van der Waals surface area contributed by atoms with Gasteiger partial charge in [0.05, 0.1) is 26.9 Å². The maximum absolute atomic E-state index is 11.3. The summed E-state index contributed by atoms with van der Waals surface area (Å²) in [5.41, 5.74) is -2.12. The Kier molecular flexibility index (Phi) is 6.12. The first-order chi connectivity index (χ1) is 12.8. The summed E-state index contributed by atoms with van der Waals surface area (Å²) >= 11 is 0. The highest BCUT2D eigenvalue weighted by atomic mass is 16.7. The van der Waals surface area contributed by atoms with Crippen molar-refractivity contribution in [2.24, 2.45) is 0 Å². The maximum Gasteiger partial charge on any atom is 0.290 e. The van der Waals surface area contributed by atoms with Gasteiger partial charge in [-0.25, -0.2) is 0 Å². The molecule has 0 amide bonds. The smallest absolute Gasteiger partial charge is 0.290 e. The second-order valence-corrected chi connectivity index (χ2v) is 5.09. The van der Waals surface area contributed by atoms with Crippen LogP contribution in [0.4, 0.5) is 17.1 Å². The number of non-ortho nitro benzene ring substituents is 1. The summed E-state index contributed by atoms with van der Waals surface area (Å²) < 4.78 is 10.2. The largest absolute Gasteiger partial charge is 0.467 e. The van der Waals surface area contributed by atoms with Crippen LogP contribution in [-0.2, 0) is 4.74 Å². The predicted molar refractivity (Wildman–Crippen MR) is 94.3 cm³/mol. The number of hydrogen-bond donors (Lipinski definition) is 0. The zero-order valence-corrected chi connectivity index (χ0v) is 13.9. The van der Waals surface area contributed by atoms with E-state index in [-0.39, 0.29) is 12.4 Å². The van der Waals surface area contributed by atoms with Crippen molar-refractivity contribution in [1.29, 1.82) is 0 Å². The molecular weight excluding hydrogens is 362 g/mol. The maximum atomic E-state index is 11.3. The van der Waals surface area contributed by atoms with Gasteiger partial charge in [0.15, 0.2) is 6.79 Å². The molecule has 2 aromatic carbocycles. The third kappa shape index (κ3) is 4.61. The van der Waals surface area contributed by atoms with Crippen molar-refractivity contribution in [1.82, 2.24) is 0 Å². The predicted octanol–water partition coefficient (Wildman–Crippen LogP) is 3.56. The molecule has 0 aliphatic rings. The molecule has 0 heterocycles. The summed E-state index contributed by atoms with van der Waals surface area (Å²) in [5.74, 6) is 0.391. The molecule has 11 nitrogen and oxygen atoms in total. The van der Waals surface area contributed by atoms with Crippen molar-refractivity contribution in [2.75, 3.05) is 13.9 Å². The van der Waals surface area contributed by atoms with Gasteiger partial charge in [0.1, 0.15) is 11.3 Å². The summed E-state index contributed by atoms with van der Waals surface area (Å²) in [5, 5.41) is 33.5. The molecule has 0 saturated carbocycles. The molecule has 0 radical (unpaired) electrons. The van der Waals surface area contributed by atoms with Gasteiger partial charge in [-0.15, -0.1) is 0 Å². The molecule has 2 rings (SSSR count). The molecule has 0 atom stereocenters. The Balaban J connectivity index is 2.58. The third-order valence-electron chi connectivity index (χ3n) is 3.41. The van der Waals surface area contributed by atoms with Gasteiger partial charge in [0.2, 0.25) is 0 Å². The average molecular weight is 375 g/mol. The van der Waals surface area contributed by atoms with E-state index in [9.17, 15) is 30.3 Å². The summed E-state index contributed by atoms with van der Waals surface area (Å²) in [6.07, 6.45) is 2.53. The fourth-order valence-corrected chi connectivity index (χ4v) is 2.23. The third-order valence-corrected chi connectivity index (χ3v) is 3.41. The van der Waals surface area contributed by atoms with Crippen LogP contribution in [0.25, 0.3) is 12.2 Å². The fourth-order valence-electron chi connectivity index (χ4n) is 2.23. The quantitative estimate of drug-likeness (QED) is 0.294. The van der Waals surface area contributed by atoms with Crippen LogP contribution < -0.4 is 4.74 Å². The first kappa shape index (κ1) is 19.5. The molecule has 0 unspecified atom stereocenters. The Hall–Kier alpha value is -3.86. The van der Waals surface area contributed by atoms with E-state index in [4.69, 9.17) is 9.47 Å². The molecular formula is C16H13N3O8. The van der Waals surface area contributed by atoms with E-state index in [2.05, 4.69) is 0 Å². The van der Waals surface area contributed by atoms with Crippen molar-refractivity contribution >= 4 is 29.2 Å². The molecule has 11 heteroatoms. The van der Waals surface area contributed by atoms with Gasteiger partial charge >= 0.3 is 0 Å². The minimum absolute atomic E-state index is 0.0390. The molecule has 0 fully saturated rings. The van der Waals surface area contributed by atoms with Crippen LogP contribution in [0.3, 0.4) is 0 Å². The van der Waals surface area contributed by atoms with Crippen molar-refractivity contribution in [3.05, 3.63) is 77.9 Å². The van der Waals surface area contributed by atoms with Crippen LogP contribution in [0, 0.1) is 30.3 Å². The number of nitro benzene ring substituents is 3. The van der Waals surface area contributed by atoms with Gasteiger partial charge in [0, 0.05) is 12.7 Å². The SMILES string of the molecule is COCOc1ccccc1/C=C/c1c([N+](=O)[O-])cc([N+](=O)[O-])cc1[N+](=O)[O-]. The highest BCUT2D eigenvalue weighted by Gasteiger charge is 2.28. The number of nitro groups is 3. The number of nitrogens with zero attached hydrogens (tertiary/aromatic N) is 3. The standard InChI is InChI=1S/C16H13N3O8/c1-26-10-27-16-5-3-2-4-11(16)6-7-13-14(18(22)23)8-12(17(20)21)9-15(13)19(24)25/h2-9H,10H2,1H3/b7-6+. The number of ether oxygens (including phenoxy) is 2. The Labute approximate surface area is 151 Å². The monoisotopic (exact) mass is 375 g/mol. The second-order valence-electron chi connectivity index (χ2n) is 5.09. The molecule has 0 spiro atoms. The first-order valence-corrected chi connectivity index (χ1v) is 7.35. The molecule has 0 N–H and O–H groups in total. The Morgan fingerprint density at radius 2 is 1.52 bits per heavy atom. The number of hydrogen-bond acceptors (Lipinski definition) is 8. The Bertz CT molecular complexity index is 891. The van der Waals surface area contributed by atoms with Crippen molar-refractivity contribution in [3.63, 3.8) is 0 Å². The normalized spacial score (nSPS) is 10.7. The minimum atomic E-state index is -0.929. The number of para-hydroxylation sites is 1. The lowest BCUT2D eigenvalue weighted by Crippen LogP contribution is -2.01. The Morgan fingerprint density at radius 3 is 2.04 bits per heavy atom. The molecule has 0 aliphatic carbocycles. The van der Waals surface area contributed by atoms with Gasteiger partial charge in [-0.1, -0.05) is 24.3 Å². The van der Waals surface area contributed by atoms with E-state index in [0.29, 0.717) is 23.4 Å². The van der Waals surface area contributed by atoms with E-state index in [0.717, 1.165) is 6.08 Å². The van der Waals surface area contributed by atoms with Crippen LogP contribution in [0.1, 0.15) is 11.1 Å². The average Bonchev–Trinajstić information content (AvgIpc) is 2.64. The van der Waals surface area contributed by atoms with E-state index in [1.165, 1.54) is 13.2 Å². The molecule has 2 aromatic rings. The molecule has 0 bridgehead atoms. The highest BCUT2D eigenvalue weighted by molar-refractivity contribution is 5.82. The van der Waals surface area contributed by atoms with E-state index >= 15 is 0 Å². The van der Waals surface area contributed by atoms with Crippen LogP contribution in [0.15, 0.2) is 36.4 Å². The highest BCUT2D eigenvalue weighted by Crippen LogP contribution is 2.35. The number of rotatable bonds is 8. The molecule has 0 aliphatic heterocycles. The van der Waals surface area contributed by atoms with Gasteiger partial charge < -0.3 is 9.47 Å². The molecule has 140 valence electrons. The summed E-state index contributed by atoms with van der Waals surface area (Å²) in [7, 11) is 1.43. The van der Waals surface area contributed by atoms with Crippen LogP contribution in [0.2, 0.25) is 0 Å². The van der Waals surface area contributed by atoms with E-state index in [1.54, 1.807) is 24.3 Å². The molecule has 0 saturated heterocycles. The summed E-state index contributed by atoms with van der Waals surface area (Å²) in [4.78, 5) is 30.7. The summed E-state index contributed by atoms with van der Waals surface area (Å²) in [6, 6.07) is 7.99.